The van der Waals surface area contributed by atoms with Gasteiger partial charge in [-0.3, -0.25) is 4.79 Å². The molecule has 0 spiro atoms. The minimum atomic E-state index is -0.600. The second kappa shape index (κ2) is 5.74. The number of hydrogen-bond donors (Lipinski definition) is 0. The number of hydrogen-bond acceptors (Lipinski definition) is 3. The lowest BCUT2D eigenvalue weighted by Crippen LogP contribution is -2.05. The molecule has 3 nitrogen and oxygen atoms in total. The molecule has 3 rings (SSSR count). The first-order valence-electron chi connectivity index (χ1n) is 6.54. The fourth-order valence-electron chi connectivity index (χ4n) is 2.13. The third-order valence-corrected chi connectivity index (χ3v) is 3.42. The number of ether oxygens (including phenoxy) is 2. The van der Waals surface area contributed by atoms with Gasteiger partial charge in [0.05, 0.1) is 18.8 Å². The molecule has 0 saturated heterocycles. The van der Waals surface area contributed by atoms with Gasteiger partial charge in [-0.1, -0.05) is 11.6 Å². The third-order valence-electron chi connectivity index (χ3n) is 3.18. The number of rotatable bonds is 2. The summed E-state index contributed by atoms with van der Waals surface area (Å²) in [6.45, 7) is 1.10. The molecular weight excluding hydrogens is 295 g/mol. The van der Waals surface area contributed by atoms with Gasteiger partial charge in [-0.05, 0) is 36.4 Å². The van der Waals surface area contributed by atoms with Crippen LogP contribution in [0.4, 0.5) is 4.39 Å². The van der Waals surface area contributed by atoms with E-state index in [-0.39, 0.29) is 5.56 Å². The minimum Gasteiger partial charge on any atom is -0.490 e. The van der Waals surface area contributed by atoms with Crippen molar-refractivity contribution in [3.8, 4) is 11.5 Å². The monoisotopic (exact) mass is 306 g/mol. The van der Waals surface area contributed by atoms with E-state index >= 15 is 0 Å². The molecule has 0 aliphatic carbocycles. The van der Waals surface area contributed by atoms with Crippen LogP contribution in [0.1, 0.15) is 22.3 Å². The summed E-state index contributed by atoms with van der Waals surface area (Å²) in [7, 11) is 0. The Kier molecular flexibility index (Phi) is 3.80. The predicted octanol–water partition coefficient (Wildman–Crippen LogP) is 3.87. The van der Waals surface area contributed by atoms with Gasteiger partial charge in [0, 0.05) is 17.0 Å². The first kappa shape index (κ1) is 13.9. The molecule has 0 saturated carbocycles. The highest BCUT2D eigenvalue weighted by atomic mass is 35.5. The van der Waals surface area contributed by atoms with Gasteiger partial charge in [-0.15, -0.1) is 0 Å². The number of carbonyl (C=O) groups is 1. The Morgan fingerprint density at radius 2 is 1.81 bits per heavy atom. The van der Waals surface area contributed by atoms with Crippen molar-refractivity contribution in [3.63, 3.8) is 0 Å². The Hall–Kier alpha value is -2.07. The summed E-state index contributed by atoms with van der Waals surface area (Å²) in [6, 6.07) is 8.73. The molecule has 1 heterocycles. The number of fused-ring (bicyclic) bond motifs is 1. The van der Waals surface area contributed by atoms with Crippen LogP contribution in [0.3, 0.4) is 0 Å². The molecule has 21 heavy (non-hydrogen) atoms. The van der Waals surface area contributed by atoms with Crippen molar-refractivity contribution in [2.45, 2.75) is 6.42 Å². The molecule has 0 unspecified atom stereocenters. The number of ketones is 1. The average Bonchev–Trinajstić information content (AvgIpc) is 2.73. The van der Waals surface area contributed by atoms with E-state index in [1.165, 1.54) is 18.2 Å². The SMILES string of the molecule is O=C(c1ccc2c(c1)OCCCO2)c1cc(Cl)ccc1F. The summed E-state index contributed by atoms with van der Waals surface area (Å²) < 4.78 is 24.8. The molecule has 108 valence electrons. The quantitative estimate of drug-likeness (QED) is 0.790. The van der Waals surface area contributed by atoms with E-state index in [2.05, 4.69) is 0 Å². The zero-order valence-corrected chi connectivity index (χ0v) is 11.8. The van der Waals surface area contributed by atoms with Gasteiger partial charge in [0.15, 0.2) is 17.3 Å². The van der Waals surface area contributed by atoms with Crippen LogP contribution in [0.2, 0.25) is 5.02 Å². The second-order valence-corrected chi connectivity index (χ2v) is 5.10. The Labute approximate surface area is 126 Å². The molecule has 0 aromatic heterocycles. The zero-order chi connectivity index (χ0) is 14.8. The van der Waals surface area contributed by atoms with E-state index in [1.54, 1.807) is 18.2 Å². The number of benzene rings is 2. The topological polar surface area (TPSA) is 35.5 Å². The van der Waals surface area contributed by atoms with E-state index in [0.29, 0.717) is 35.3 Å². The lowest BCUT2D eigenvalue weighted by atomic mass is 10.0. The highest BCUT2D eigenvalue weighted by Gasteiger charge is 2.18. The van der Waals surface area contributed by atoms with Crippen molar-refractivity contribution in [2.75, 3.05) is 13.2 Å². The third kappa shape index (κ3) is 2.85. The lowest BCUT2D eigenvalue weighted by Gasteiger charge is -2.09. The van der Waals surface area contributed by atoms with Gasteiger partial charge >= 0.3 is 0 Å². The van der Waals surface area contributed by atoms with Crippen molar-refractivity contribution in [1.82, 2.24) is 0 Å². The Morgan fingerprint density at radius 1 is 1.05 bits per heavy atom. The van der Waals surface area contributed by atoms with Gasteiger partial charge in [0.2, 0.25) is 0 Å². The Bertz CT molecular complexity index is 700. The van der Waals surface area contributed by atoms with Crippen molar-refractivity contribution in [2.24, 2.45) is 0 Å². The standard InChI is InChI=1S/C16H12ClFO3/c17-11-3-4-13(18)12(9-11)16(19)10-2-5-14-15(8-10)21-7-1-6-20-14/h2-5,8-9H,1,6-7H2. The van der Waals surface area contributed by atoms with Crippen LogP contribution in [-0.4, -0.2) is 19.0 Å². The van der Waals surface area contributed by atoms with Crippen LogP contribution in [0.5, 0.6) is 11.5 Å². The molecule has 1 aliphatic rings. The fourth-order valence-corrected chi connectivity index (χ4v) is 2.30. The minimum absolute atomic E-state index is 0.0583. The van der Waals surface area contributed by atoms with Gasteiger partial charge in [-0.2, -0.15) is 0 Å². The average molecular weight is 307 g/mol. The van der Waals surface area contributed by atoms with E-state index in [9.17, 15) is 9.18 Å². The zero-order valence-electron chi connectivity index (χ0n) is 11.1. The van der Waals surface area contributed by atoms with Gasteiger partial charge < -0.3 is 9.47 Å². The Morgan fingerprint density at radius 3 is 2.62 bits per heavy atom. The van der Waals surface area contributed by atoms with Crippen LogP contribution >= 0.6 is 11.6 Å². The maximum atomic E-state index is 13.8. The van der Waals surface area contributed by atoms with Crippen LogP contribution in [0.25, 0.3) is 0 Å². The first-order valence-corrected chi connectivity index (χ1v) is 6.92. The van der Waals surface area contributed by atoms with Crippen LogP contribution in [0, 0.1) is 5.82 Å². The summed E-state index contributed by atoms with van der Waals surface area (Å²) in [4.78, 5) is 12.4. The van der Waals surface area contributed by atoms with E-state index < -0.39 is 11.6 Å². The fraction of sp³-hybridized carbons (Fsp3) is 0.188. The molecule has 5 heteroatoms. The number of carbonyl (C=O) groups excluding carboxylic acids is 1. The van der Waals surface area contributed by atoms with Crippen molar-refractivity contribution in [3.05, 3.63) is 58.4 Å². The predicted molar refractivity (Wildman–Crippen MR) is 76.9 cm³/mol. The Balaban J connectivity index is 1.98. The molecule has 2 aromatic rings. The summed E-state index contributed by atoms with van der Waals surface area (Å²) in [5.41, 5.74) is 0.275. The highest BCUT2D eigenvalue weighted by molar-refractivity contribution is 6.31. The van der Waals surface area contributed by atoms with E-state index in [1.807, 2.05) is 0 Å². The van der Waals surface area contributed by atoms with Crippen LogP contribution in [-0.2, 0) is 0 Å². The molecule has 1 aliphatic heterocycles. The molecular formula is C16H12ClFO3. The van der Waals surface area contributed by atoms with E-state index in [0.717, 1.165) is 6.42 Å². The molecule has 0 atom stereocenters. The van der Waals surface area contributed by atoms with Gasteiger partial charge in [-0.25, -0.2) is 4.39 Å². The number of halogens is 2. The second-order valence-electron chi connectivity index (χ2n) is 4.67. The van der Waals surface area contributed by atoms with E-state index in [4.69, 9.17) is 21.1 Å². The summed E-state index contributed by atoms with van der Waals surface area (Å²) in [5.74, 6) is 0.0542. The van der Waals surface area contributed by atoms with Crippen LogP contribution in [0.15, 0.2) is 36.4 Å². The van der Waals surface area contributed by atoms with Gasteiger partial charge in [0.25, 0.3) is 0 Å². The molecule has 0 amide bonds. The normalized spacial score (nSPS) is 13.6. The van der Waals surface area contributed by atoms with Crippen molar-refractivity contribution < 1.29 is 18.7 Å². The largest absolute Gasteiger partial charge is 0.490 e. The highest BCUT2D eigenvalue weighted by Crippen LogP contribution is 2.31. The maximum Gasteiger partial charge on any atom is 0.196 e. The van der Waals surface area contributed by atoms with Gasteiger partial charge in [0.1, 0.15) is 5.82 Å². The van der Waals surface area contributed by atoms with Crippen molar-refractivity contribution in [1.29, 1.82) is 0 Å². The smallest absolute Gasteiger partial charge is 0.196 e. The van der Waals surface area contributed by atoms with Crippen molar-refractivity contribution >= 4 is 17.4 Å². The molecule has 0 N–H and O–H groups in total. The summed E-state index contributed by atoms with van der Waals surface area (Å²) in [5, 5.41) is 0.314. The summed E-state index contributed by atoms with van der Waals surface area (Å²) in [6.07, 6.45) is 0.779. The molecule has 0 fully saturated rings. The molecule has 0 bridgehead atoms. The summed E-state index contributed by atoms with van der Waals surface area (Å²) >= 11 is 5.82. The van der Waals surface area contributed by atoms with Crippen LogP contribution < -0.4 is 9.47 Å². The lowest BCUT2D eigenvalue weighted by molar-refractivity contribution is 0.103. The molecule has 0 radical (unpaired) electrons. The molecule has 2 aromatic carbocycles. The maximum absolute atomic E-state index is 13.8. The first-order chi connectivity index (χ1) is 10.1.